The van der Waals surface area contributed by atoms with Gasteiger partial charge in [0.15, 0.2) is 0 Å². The maximum absolute atomic E-state index is 6.04. The lowest BCUT2D eigenvalue weighted by molar-refractivity contribution is 0.349. The molecule has 2 aromatic rings. The van der Waals surface area contributed by atoms with Gasteiger partial charge in [0.1, 0.15) is 11.5 Å². The van der Waals surface area contributed by atoms with Crippen molar-refractivity contribution in [2.75, 3.05) is 13.1 Å². The molecule has 0 aromatic heterocycles. The predicted octanol–water partition coefficient (Wildman–Crippen LogP) is 3.22. The molecule has 2 aliphatic rings. The zero-order valence-corrected chi connectivity index (χ0v) is 12.0. The summed E-state index contributed by atoms with van der Waals surface area (Å²) in [6.07, 6.45) is 2.36. The van der Waals surface area contributed by atoms with Gasteiger partial charge < -0.3 is 15.4 Å². The Morgan fingerprint density at radius 2 is 1.43 bits per heavy atom. The van der Waals surface area contributed by atoms with Crippen molar-refractivity contribution in [3.8, 4) is 11.5 Å². The normalized spacial score (nSPS) is 18.7. The number of hydrogen-bond acceptors (Lipinski definition) is 3. The number of ether oxygens (including phenoxy) is 1. The molecule has 0 amide bonds. The van der Waals surface area contributed by atoms with Gasteiger partial charge >= 0.3 is 0 Å². The Morgan fingerprint density at radius 3 is 2.05 bits per heavy atom. The van der Waals surface area contributed by atoms with E-state index in [1.54, 1.807) is 0 Å². The highest BCUT2D eigenvalue weighted by atomic mass is 16.5. The Hall–Kier alpha value is -1.84. The molecule has 1 fully saturated rings. The fourth-order valence-electron chi connectivity index (χ4n) is 3.31. The first kappa shape index (κ1) is 12.9. The zero-order valence-electron chi connectivity index (χ0n) is 12.0. The third-order valence-corrected chi connectivity index (χ3v) is 4.42. The molecule has 0 radical (unpaired) electrons. The number of benzene rings is 2. The van der Waals surface area contributed by atoms with Crippen molar-refractivity contribution in [3.63, 3.8) is 0 Å². The number of para-hydroxylation sites is 2. The molecule has 0 atom stereocenters. The summed E-state index contributed by atoms with van der Waals surface area (Å²) in [7, 11) is 0. The van der Waals surface area contributed by atoms with Crippen molar-refractivity contribution in [2.45, 2.75) is 24.9 Å². The average molecular weight is 280 g/mol. The molecule has 4 rings (SSSR count). The van der Waals surface area contributed by atoms with Crippen LogP contribution in [-0.2, 0) is 0 Å². The van der Waals surface area contributed by atoms with Gasteiger partial charge in [0.25, 0.3) is 0 Å². The van der Waals surface area contributed by atoms with E-state index in [9.17, 15) is 0 Å². The highest BCUT2D eigenvalue weighted by molar-refractivity contribution is 5.52. The van der Waals surface area contributed by atoms with Crippen molar-refractivity contribution in [1.82, 2.24) is 10.6 Å². The number of rotatable bonds is 2. The Kier molecular flexibility index (Phi) is 3.37. The van der Waals surface area contributed by atoms with Crippen molar-refractivity contribution >= 4 is 0 Å². The maximum Gasteiger partial charge on any atom is 0.132 e. The number of nitrogens with one attached hydrogen (secondary N) is 2. The fraction of sp³-hybridized carbons (Fsp3) is 0.333. The van der Waals surface area contributed by atoms with Gasteiger partial charge in [-0.05, 0) is 38.1 Å². The van der Waals surface area contributed by atoms with Crippen LogP contribution in [0.15, 0.2) is 48.5 Å². The number of piperidine rings is 1. The van der Waals surface area contributed by atoms with E-state index in [1.807, 2.05) is 12.1 Å². The van der Waals surface area contributed by atoms with Crippen LogP contribution in [0.25, 0.3) is 0 Å². The molecule has 2 heterocycles. The molecule has 108 valence electrons. The molecular weight excluding hydrogens is 260 g/mol. The van der Waals surface area contributed by atoms with Crippen LogP contribution < -0.4 is 15.4 Å². The molecule has 2 aromatic carbocycles. The first-order chi connectivity index (χ1) is 10.4. The smallest absolute Gasteiger partial charge is 0.132 e. The molecule has 0 spiro atoms. The molecule has 3 nitrogen and oxygen atoms in total. The first-order valence-corrected chi connectivity index (χ1v) is 7.74. The van der Waals surface area contributed by atoms with Gasteiger partial charge in [0.05, 0.1) is 6.04 Å². The molecule has 0 saturated carbocycles. The molecule has 2 N–H and O–H groups in total. The lowest BCUT2D eigenvalue weighted by atomic mass is 9.92. The molecular formula is C18H20N2O. The van der Waals surface area contributed by atoms with E-state index in [2.05, 4.69) is 47.0 Å². The summed E-state index contributed by atoms with van der Waals surface area (Å²) in [5.41, 5.74) is 2.49. The molecule has 21 heavy (non-hydrogen) atoms. The molecule has 1 saturated heterocycles. The Morgan fingerprint density at radius 1 is 0.857 bits per heavy atom. The fourth-order valence-corrected chi connectivity index (χ4v) is 3.31. The second-order valence-corrected chi connectivity index (χ2v) is 5.80. The van der Waals surface area contributed by atoms with Crippen molar-refractivity contribution in [1.29, 1.82) is 0 Å². The van der Waals surface area contributed by atoms with E-state index in [1.165, 1.54) is 24.0 Å². The lowest BCUT2D eigenvalue weighted by Crippen LogP contribution is -2.42. The summed E-state index contributed by atoms with van der Waals surface area (Å²) >= 11 is 0. The van der Waals surface area contributed by atoms with Crippen LogP contribution in [0.5, 0.6) is 11.5 Å². The minimum absolute atomic E-state index is 0.231. The summed E-state index contributed by atoms with van der Waals surface area (Å²) in [4.78, 5) is 0. The summed E-state index contributed by atoms with van der Waals surface area (Å²) in [5.74, 6) is 1.95. The van der Waals surface area contributed by atoms with Gasteiger partial charge in [-0.2, -0.15) is 0 Å². The standard InChI is InChI=1S/C18H20N2O/c1-3-7-16-14(5-1)18(20-13-9-11-19-12-10-13)15-6-2-4-8-17(15)21-16/h1-8,13,18-20H,9-12H2. The lowest BCUT2D eigenvalue weighted by Gasteiger charge is -2.33. The summed E-state index contributed by atoms with van der Waals surface area (Å²) < 4.78 is 6.04. The molecule has 0 aliphatic carbocycles. The van der Waals surface area contributed by atoms with Gasteiger partial charge in [0.2, 0.25) is 0 Å². The van der Waals surface area contributed by atoms with E-state index in [-0.39, 0.29) is 6.04 Å². The first-order valence-electron chi connectivity index (χ1n) is 7.74. The van der Waals surface area contributed by atoms with Gasteiger partial charge in [-0.3, -0.25) is 0 Å². The Labute approximate surface area is 125 Å². The van der Waals surface area contributed by atoms with E-state index >= 15 is 0 Å². The van der Waals surface area contributed by atoms with E-state index in [4.69, 9.17) is 4.74 Å². The largest absolute Gasteiger partial charge is 0.457 e. The van der Waals surface area contributed by atoms with Crippen molar-refractivity contribution in [2.24, 2.45) is 0 Å². The SMILES string of the molecule is c1ccc2c(c1)Oc1ccccc1C2NC1CCNCC1. The number of hydrogen-bond donors (Lipinski definition) is 2. The highest BCUT2D eigenvalue weighted by Gasteiger charge is 2.28. The van der Waals surface area contributed by atoms with Crippen LogP contribution in [0.4, 0.5) is 0 Å². The van der Waals surface area contributed by atoms with Gasteiger partial charge in [0, 0.05) is 17.2 Å². The summed E-state index contributed by atoms with van der Waals surface area (Å²) in [5, 5.41) is 7.28. The Balaban J connectivity index is 1.70. The van der Waals surface area contributed by atoms with Crippen LogP contribution in [0.1, 0.15) is 30.0 Å². The third kappa shape index (κ3) is 2.43. The summed E-state index contributed by atoms with van der Waals surface area (Å²) in [6, 6.07) is 17.5. The Bertz CT molecular complexity index is 589. The minimum Gasteiger partial charge on any atom is -0.457 e. The van der Waals surface area contributed by atoms with Crippen LogP contribution in [0, 0.1) is 0 Å². The van der Waals surface area contributed by atoms with Gasteiger partial charge in [-0.15, -0.1) is 0 Å². The average Bonchev–Trinajstić information content (AvgIpc) is 2.55. The monoisotopic (exact) mass is 280 g/mol. The molecule has 0 bridgehead atoms. The highest BCUT2D eigenvalue weighted by Crippen LogP contribution is 2.42. The van der Waals surface area contributed by atoms with Crippen LogP contribution in [0.3, 0.4) is 0 Å². The second kappa shape index (κ2) is 5.51. The van der Waals surface area contributed by atoms with Crippen molar-refractivity contribution in [3.05, 3.63) is 59.7 Å². The predicted molar refractivity (Wildman–Crippen MR) is 83.8 cm³/mol. The van der Waals surface area contributed by atoms with Gasteiger partial charge in [-0.25, -0.2) is 0 Å². The van der Waals surface area contributed by atoms with Gasteiger partial charge in [-0.1, -0.05) is 36.4 Å². The molecule has 2 aliphatic heterocycles. The molecule has 3 heteroatoms. The van der Waals surface area contributed by atoms with Crippen LogP contribution in [0.2, 0.25) is 0 Å². The topological polar surface area (TPSA) is 33.3 Å². The van der Waals surface area contributed by atoms with Crippen molar-refractivity contribution < 1.29 is 4.74 Å². The van der Waals surface area contributed by atoms with E-state index in [0.29, 0.717) is 6.04 Å². The quantitative estimate of drug-likeness (QED) is 0.886. The summed E-state index contributed by atoms with van der Waals surface area (Å²) in [6.45, 7) is 2.20. The minimum atomic E-state index is 0.231. The second-order valence-electron chi connectivity index (χ2n) is 5.80. The zero-order chi connectivity index (χ0) is 14.1. The van der Waals surface area contributed by atoms with E-state index in [0.717, 1.165) is 24.6 Å². The number of fused-ring (bicyclic) bond motifs is 2. The van der Waals surface area contributed by atoms with E-state index < -0.39 is 0 Å². The maximum atomic E-state index is 6.04. The third-order valence-electron chi connectivity index (χ3n) is 4.42. The van der Waals surface area contributed by atoms with Crippen LogP contribution >= 0.6 is 0 Å². The van der Waals surface area contributed by atoms with Crippen LogP contribution in [-0.4, -0.2) is 19.1 Å². The molecule has 0 unspecified atom stereocenters.